The molecule has 39 heavy (non-hydrogen) atoms. The van der Waals surface area contributed by atoms with Gasteiger partial charge in [0.25, 0.3) is 0 Å². The maximum atomic E-state index is 13.4. The zero-order valence-corrected chi connectivity index (χ0v) is 21.9. The van der Waals surface area contributed by atoms with E-state index in [1.54, 1.807) is 12.1 Å². The maximum absolute atomic E-state index is 13.4. The molecule has 4 rings (SSSR count). The minimum absolute atomic E-state index is 0.0495. The molecule has 11 heteroatoms. The topological polar surface area (TPSA) is 145 Å². The number of sulfonamides is 1. The lowest BCUT2D eigenvalue weighted by Gasteiger charge is -2.25. The van der Waals surface area contributed by atoms with Gasteiger partial charge >= 0.3 is 12.0 Å². The van der Waals surface area contributed by atoms with Crippen LogP contribution in [0.25, 0.3) is 11.1 Å². The van der Waals surface area contributed by atoms with Gasteiger partial charge in [0.1, 0.15) is 12.1 Å². The summed E-state index contributed by atoms with van der Waals surface area (Å²) < 4.78 is 27.9. The number of nitrogens with zero attached hydrogens (tertiary/aromatic N) is 1. The van der Waals surface area contributed by atoms with Crippen molar-refractivity contribution in [2.24, 2.45) is 0 Å². The number of nitrogens with one attached hydrogen (secondary N) is 3. The molecule has 10 nitrogen and oxygen atoms in total. The van der Waals surface area contributed by atoms with E-state index in [0.29, 0.717) is 6.42 Å². The molecule has 1 heterocycles. The fraction of sp³-hybridized carbons (Fsp3) is 0.250. The molecule has 0 radical (unpaired) electrons. The van der Waals surface area contributed by atoms with E-state index >= 15 is 0 Å². The van der Waals surface area contributed by atoms with Gasteiger partial charge in [-0.3, -0.25) is 4.79 Å². The number of carbonyl (C=O) groups is 3. The molecule has 1 aliphatic heterocycles. The zero-order chi connectivity index (χ0) is 27.8. The summed E-state index contributed by atoms with van der Waals surface area (Å²) in [6.07, 6.45) is 0.710. The van der Waals surface area contributed by atoms with Gasteiger partial charge in [-0.15, -0.1) is 0 Å². The van der Waals surface area contributed by atoms with Crippen molar-refractivity contribution < 1.29 is 27.9 Å². The number of hydrogen-bond acceptors (Lipinski definition) is 5. The van der Waals surface area contributed by atoms with Crippen molar-refractivity contribution in [2.45, 2.75) is 36.4 Å². The van der Waals surface area contributed by atoms with Crippen LogP contribution in [0.15, 0.2) is 89.8 Å². The van der Waals surface area contributed by atoms with Crippen LogP contribution in [0, 0.1) is 0 Å². The van der Waals surface area contributed by atoms with Crippen LogP contribution >= 0.6 is 0 Å². The van der Waals surface area contributed by atoms with Gasteiger partial charge in [0, 0.05) is 13.1 Å². The van der Waals surface area contributed by atoms with Crippen molar-refractivity contribution >= 4 is 27.9 Å². The Balaban J connectivity index is 1.37. The van der Waals surface area contributed by atoms with E-state index in [0.717, 1.165) is 21.0 Å². The van der Waals surface area contributed by atoms with Crippen LogP contribution in [0.2, 0.25) is 0 Å². The molecular weight excluding hydrogens is 520 g/mol. The third kappa shape index (κ3) is 7.01. The van der Waals surface area contributed by atoms with Crippen LogP contribution < -0.4 is 16.0 Å². The molecule has 0 saturated carbocycles. The molecular formula is C28H30N4O6S. The van der Waals surface area contributed by atoms with Gasteiger partial charge < -0.3 is 21.1 Å². The Hall–Kier alpha value is -4.22. The van der Waals surface area contributed by atoms with Crippen LogP contribution in [-0.4, -0.2) is 60.9 Å². The fourth-order valence-corrected chi connectivity index (χ4v) is 6.04. The molecule has 2 atom stereocenters. The fourth-order valence-electron chi connectivity index (χ4n) is 4.38. The average Bonchev–Trinajstić information content (AvgIpc) is 3.46. The van der Waals surface area contributed by atoms with E-state index in [9.17, 15) is 27.9 Å². The maximum Gasteiger partial charge on any atom is 0.328 e. The molecule has 3 amide bonds. The molecule has 204 valence electrons. The van der Waals surface area contributed by atoms with Crippen molar-refractivity contribution in [3.63, 3.8) is 0 Å². The summed E-state index contributed by atoms with van der Waals surface area (Å²) in [5.41, 5.74) is 2.67. The largest absolute Gasteiger partial charge is 0.480 e. The van der Waals surface area contributed by atoms with E-state index in [1.807, 2.05) is 60.7 Å². The van der Waals surface area contributed by atoms with Crippen molar-refractivity contribution in [3.8, 4) is 11.1 Å². The summed E-state index contributed by atoms with van der Waals surface area (Å²) in [5, 5.41) is 17.0. The number of carboxylic acid groups (broad SMARTS) is 1. The highest BCUT2D eigenvalue weighted by Gasteiger charge is 2.40. The van der Waals surface area contributed by atoms with Crippen LogP contribution in [0.5, 0.6) is 0 Å². The molecule has 1 aliphatic rings. The Morgan fingerprint density at radius 1 is 0.872 bits per heavy atom. The van der Waals surface area contributed by atoms with Crippen LogP contribution in [0.1, 0.15) is 18.4 Å². The summed E-state index contributed by atoms with van der Waals surface area (Å²) in [7, 11) is -4.00. The van der Waals surface area contributed by atoms with Gasteiger partial charge in [-0.2, -0.15) is 4.31 Å². The van der Waals surface area contributed by atoms with Crippen molar-refractivity contribution in [2.75, 3.05) is 13.1 Å². The first-order valence-electron chi connectivity index (χ1n) is 12.5. The third-order valence-electron chi connectivity index (χ3n) is 6.45. The smallest absolute Gasteiger partial charge is 0.328 e. The van der Waals surface area contributed by atoms with E-state index in [1.165, 1.54) is 12.1 Å². The van der Waals surface area contributed by atoms with Gasteiger partial charge in [0.15, 0.2) is 0 Å². The first kappa shape index (κ1) is 27.8. The predicted molar refractivity (Wildman–Crippen MR) is 145 cm³/mol. The predicted octanol–water partition coefficient (Wildman–Crippen LogP) is 2.58. The molecule has 0 bridgehead atoms. The Morgan fingerprint density at radius 2 is 1.49 bits per heavy atom. The second-order valence-corrected chi connectivity index (χ2v) is 11.0. The number of rotatable bonds is 10. The normalized spacial score (nSPS) is 16.3. The average molecular weight is 551 g/mol. The molecule has 0 spiro atoms. The minimum atomic E-state index is -4.00. The van der Waals surface area contributed by atoms with Crippen LogP contribution in [0.3, 0.4) is 0 Å². The van der Waals surface area contributed by atoms with E-state index in [4.69, 9.17) is 0 Å². The van der Waals surface area contributed by atoms with E-state index < -0.39 is 40.0 Å². The summed E-state index contributed by atoms with van der Waals surface area (Å²) >= 11 is 0. The molecule has 1 saturated heterocycles. The Kier molecular flexibility index (Phi) is 8.95. The molecule has 0 aliphatic carbocycles. The Bertz CT molecular complexity index is 1400. The molecule has 0 aromatic heterocycles. The van der Waals surface area contributed by atoms with Gasteiger partial charge in [-0.25, -0.2) is 18.0 Å². The number of aliphatic carboxylic acids is 1. The van der Waals surface area contributed by atoms with Crippen molar-refractivity contribution in [1.82, 2.24) is 20.3 Å². The first-order chi connectivity index (χ1) is 18.8. The quantitative estimate of drug-likeness (QED) is 0.305. The number of benzene rings is 3. The number of carboxylic acids is 1. The van der Waals surface area contributed by atoms with Crippen molar-refractivity contribution in [3.05, 3.63) is 90.5 Å². The standard InChI is InChI=1S/C28H30N4O6S/c33-26(31-24(27(34)35)19-30-28(36)29-18-20-8-3-1-4-9-20)25-12-7-17-32(25)39(37,38)23-15-13-22(14-16-23)21-10-5-2-6-11-21/h1-6,8-11,13-16,24-25H,7,12,17-19H2,(H,31,33)(H,34,35)(H2,29,30,36)/t24-,25-/m0/s1. The first-order valence-corrected chi connectivity index (χ1v) is 14.0. The Labute approximate surface area is 227 Å². The molecule has 3 aromatic rings. The highest BCUT2D eigenvalue weighted by Crippen LogP contribution is 2.28. The second kappa shape index (κ2) is 12.5. The Morgan fingerprint density at radius 3 is 2.13 bits per heavy atom. The van der Waals surface area contributed by atoms with Gasteiger partial charge in [0.2, 0.25) is 15.9 Å². The number of carbonyl (C=O) groups excluding carboxylic acids is 2. The molecule has 4 N–H and O–H groups in total. The van der Waals surface area contributed by atoms with Crippen LogP contribution in [-0.2, 0) is 26.2 Å². The van der Waals surface area contributed by atoms with Crippen molar-refractivity contribution in [1.29, 1.82) is 0 Å². The van der Waals surface area contributed by atoms with E-state index in [2.05, 4.69) is 16.0 Å². The second-order valence-electron chi connectivity index (χ2n) is 9.11. The molecule has 1 fully saturated rings. The minimum Gasteiger partial charge on any atom is -0.480 e. The SMILES string of the molecule is O=C(NCc1ccccc1)NC[C@H](NC(=O)[C@@H]1CCCN1S(=O)(=O)c1ccc(-c2ccccc2)cc1)C(=O)O. The number of amides is 3. The lowest BCUT2D eigenvalue weighted by molar-refractivity contribution is -0.142. The lowest BCUT2D eigenvalue weighted by Crippen LogP contribution is -2.54. The van der Waals surface area contributed by atoms with Gasteiger partial charge in [-0.05, 0) is 41.7 Å². The number of urea groups is 1. The number of hydrogen-bond donors (Lipinski definition) is 4. The molecule has 0 unspecified atom stereocenters. The highest BCUT2D eigenvalue weighted by molar-refractivity contribution is 7.89. The zero-order valence-electron chi connectivity index (χ0n) is 21.1. The van der Waals surface area contributed by atoms with Crippen LogP contribution in [0.4, 0.5) is 4.79 Å². The molecule has 3 aromatic carbocycles. The highest BCUT2D eigenvalue weighted by atomic mass is 32.2. The summed E-state index contributed by atoms with van der Waals surface area (Å²) in [6.45, 7) is 0.0127. The summed E-state index contributed by atoms with van der Waals surface area (Å²) in [4.78, 5) is 37.0. The van der Waals surface area contributed by atoms with Gasteiger partial charge in [-0.1, -0.05) is 72.8 Å². The van der Waals surface area contributed by atoms with Gasteiger partial charge in [0.05, 0.1) is 11.4 Å². The summed E-state index contributed by atoms with van der Waals surface area (Å²) in [6, 6.07) is 22.0. The summed E-state index contributed by atoms with van der Waals surface area (Å²) in [5.74, 6) is -2.08. The lowest BCUT2D eigenvalue weighted by atomic mass is 10.1. The monoisotopic (exact) mass is 550 g/mol. The van der Waals surface area contributed by atoms with E-state index in [-0.39, 0.29) is 31.0 Å². The third-order valence-corrected chi connectivity index (χ3v) is 8.37.